The van der Waals surface area contributed by atoms with Gasteiger partial charge >= 0.3 is 12.1 Å². The number of nitrogen functional groups attached to an aromatic ring is 1. The van der Waals surface area contributed by atoms with Gasteiger partial charge in [0.05, 0.1) is 33.1 Å². The minimum atomic E-state index is -4.58. The first-order valence-corrected chi connectivity index (χ1v) is 8.04. The van der Waals surface area contributed by atoms with Crippen LogP contribution in [0.3, 0.4) is 0 Å². The maximum atomic E-state index is 13.0. The molecule has 0 aliphatic carbocycles. The monoisotopic (exact) mass is 403 g/mol. The molecule has 3 N–H and O–H groups in total. The van der Waals surface area contributed by atoms with E-state index in [1.54, 1.807) is 0 Å². The van der Waals surface area contributed by atoms with Crippen molar-refractivity contribution < 1.29 is 28.0 Å². The molecule has 0 amide bonds. The maximum Gasteiger partial charge on any atom is 0.416 e. The quantitative estimate of drug-likeness (QED) is 0.484. The number of pyridine rings is 1. The molecule has 1 aromatic heterocycles. The molecule has 0 bridgehead atoms. The number of halogens is 3. The van der Waals surface area contributed by atoms with Gasteiger partial charge in [0.15, 0.2) is 0 Å². The van der Waals surface area contributed by atoms with Crippen molar-refractivity contribution in [2.24, 2.45) is 0 Å². The molecule has 1 heterocycles. The highest BCUT2D eigenvalue weighted by molar-refractivity contribution is 5.98. The lowest BCUT2D eigenvalue weighted by Crippen LogP contribution is -2.08. The topological polar surface area (TPSA) is 119 Å². The predicted octanol–water partition coefficient (Wildman–Crippen LogP) is 4.62. The molecule has 10 heteroatoms. The van der Waals surface area contributed by atoms with Gasteiger partial charge in [-0.05, 0) is 30.3 Å². The Morgan fingerprint density at radius 1 is 1.07 bits per heavy atom. The number of carbonyl (C=O) groups is 1. The van der Waals surface area contributed by atoms with Crippen LogP contribution in [-0.2, 0) is 6.18 Å². The molecule has 0 saturated heterocycles. The van der Waals surface area contributed by atoms with Crippen molar-refractivity contribution >= 4 is 17.3 Å². The Kier molecular flexibility index (Phi) is 4.93. The lowest BCUT2D eigenvalue weighted by molar-refractivity contribution is -0.384. The third-order valence-corrected chi connectivity index (χ3v) is 4.13. The summed E-state index contributed by atoms with van der Waals surface area (Å²) in [6.45, 7) is 0. The fourth-order valence-electron chi connectivity index (χ4n) is 2.70. The molecule has 7 nitrogen and oxygen atoms in total. The van der Waals surface area contributed by atoms with Crippen LogP contribution < -0.4 is 5.73 Å². The third kappa shape index (κ3) is 4.00. The largest absolute Gasteiger partial charge is 0.478 e. The molecule has 0 fully saturated rings. The number of non-ortho nitro benzene ring substituents is 1. The molecular formula is C19H12F3N3O4. The summed E-state index contributed by atoms with van der Waals surface area (Å²) >= 11 is 0. The second-order valence-electron chi connectivity index (χ2n) is 6.01. The first-order valence-electron chi connectivity index (χ1n) is 8.04. The molecule has 0 aliphatic heterocycles. The SMILES string of the molecule is Nc1c(C(=O)O)cc(-c2cccc(C(F)(F)F)c2)nc1-c1ccc([N+](=O)[O-])cc1. The van der Waals surface area contributed by atoms with Gasteiger partial charge in [-0.3, -0.25) is 10.1 Å². The Labute approximate surface area is 161 Å². The maximum absolute atomic E-state index is 13.0. The summed E-state index contributed by atoms with van der Waals surface area (Å²) in [6.07, 6.45) is -4.58. The summed E-state index contributed by atoms with van der Waals surface area (Å²) < 4.78 is 39.0. The minimum absolute atomic E-state index is 0.00721. The number of alkyl halides is 3. The fourth-order valence-corrected chi connectivity index (χ4v) is 2.70. The number of nitro benzene ring substituents is 1. The first-order chi connectivity index (χ1) is 13.6. The molecule has 0 radical (unpaired) electrons. The van der Waals surface area contributed by atoms with E-state index in [4.69, 9.17) is 5.73 Å². The average Bonchev–Trinajstić information content (AvgIpc) is 2.67. The Balaban J connectivity index is 2.20. The van der Waals surface area contributed by atoms with Crippen LogP contribution in [0.5, 0.6) is 0 Å². The number of carboxylic acid groups (broad SMARTS) is 1. The molecule has 0 aliphatic rings. The normalized spacial score (nSPS) is 11.3. The molecule has 29 heavy (non-hydrogen) atoms. The lowest BCUT2D eigenvalue weighted by atomic mass is 10.0. The second kappa shape index (κ2) is 7.23. The number of carboxylic acids is 1. The van der Waals surface area contributed by atoms with E-state index in [0.717, 1.165) is 18.2 Å². The predicted molar refractivity (Wildman–Crippen MR) is 98.1 cm³/mol. The van der Waals surface area contributed by atoms with Crippen molar-refractivity contribution in [3.8, 4) is 22.5 Å². The summed E-state index contributed by atoms with van der Waals surface area (Å²) in [6, 6.07) is 10.4. The van der Waals surface area contributed by atoms with Crippen LogP contribution in [0.2, 0.25) is 0 Å². The van der Waals surface area contributed by atoms with Gasteiger partial charge in [-0.15, -0.1) is 0 Å². The Bertz CT molecular complexity index is 1110. The zero-order valence-electron chi connectivity index (χ0n) is 14.5. The standard InChI is InChI=1S/C19H12F3N3O4/c20-19(21,22)12-3-1-2-11(8-12)15-9-14(18(26)27)16(23)17(24-15)10-4-6-13(7-5-10)25(28)29/h1-9H,23H2,(H,26,27). The van der Waals surface area contributed by atoms with Crippen LogP contribution in [0.15, 0.2) is 54.6 Å². The Hall–Kier alpha value is -3.95. The number of hydrogen-bond donors (Lipinski definition) is 2. The zero-order chi connectivity index (χ0) is 21.3. The van der Waals surface area contributed by atoms with E-state index in [2.05, 4.69) is 4.98 Å². The Morgan fingerprint density at radius 3 is 2.28 bits per heavy atom. The van der Waals surface area contributed by atoms with Crippen molar-refractivity contribution in [1.82, 2.24) is 4.98 Å². The second-order valence-corrected chi connectivity index (χ2v) is 6.01. The lowest BCUT2D eigenvalue weighted by Gasteiger charge is -2.13. The highest BCUT2D eigenvalue weighted by Gasteiger charge is 2.30. The average molecular weight is 403 g/mol. The number of anilines is 1. The third-order valence-electron chi connectivity index (χ3n) is 4.13. The van der Waals surface area contributed by atoms with Crippen molar-refractivity contribution in [3.63, 3.8) is 0 Å². The van der Waals surface area contributed by atoms with Gasteiger partial charge in [0.25, 0.3) is 5.69 Å². The Morgan fingerprint density at radius 2 is 1.72 bits per heavy atom. The van der Waals surface area contributed by atoms with E-state index in [0.29, 0.717) is 0 Å². The summed E-state index contributed by atoms with van der Waals surface area (Å²) in [5.41, 5.74) is 4.53. The van der Waals surface area contributed by atoms with Crippen molar-refractivity contribution in [3.05, 3.63) is 75.8 Å². The first kappa shape index (κ1) is 19.8. The molecule has 0 saturated carbocycles. The molecule has 0 unspecified atom stereocenters. The number of nitrogens with zero attached hydrogens (tertiary/aromatic N) is 2. The highest BCUT2D eigenvalue weighted by Crippen LogP contribution is 2.35. The summed E-state index contributed by atoms with van der Waals surface area (Å²) in [5, 5.41) is 20.2. The fraction of sp³-hybridized carbons (Fsp3) is 0.0526. The van der Waals surface area contributed by atoms with Gasteiger partial charge in [-0.2, -0.15) is 13.2 Å². The smallest absolute Gasteiger partial charge is 0.416 e. The van der Waals surface area contributed by atoms with E-state index in [1.807, 2.05) is 0 Å². The van der Waals surface area contributed by atoms with E-state index >= 15 is 0 Å². The molecule has 0 atom stereocenters. The van der Waals surface area contributed by atoms with E-state index in [9.17, 15) is 33.2 Å². The van der Waals surface area contributed by atoms with Gasteiger partial charge < -0.3 is 10.8 Å². The number of nitrogens with two attached hydrogens (primary N) is 1. The van der Waals surface area contributed by atoms with E-state index in [1.165, 1.54) is 36.4 Å². The molecule has 0 spiro atoms. The number of rotatable bonds is 4. The van der Waals surface area contributed by atoms with Crippen LogP contribution in [0, 0.1) is 10.1 Å². The van der Waals surface area contributed by atoms with E-state index < -0.39 is 22.6 Å². The number of hydrogen-bond acceptors (Lipinski definition) is 5. The van der Waals surface area contributed by atoms with Crippen LogP contribution >= 0.6 is 0 Å². The highest BCUT2D eigenvalue weighted by atomic mass is 19.4. The molecule has 148 valence electrons. The number of aromatic nitrogens is 1. The minimum Gasteiger partial charge on any atom is -0.478 e. The summed E-state index contributed by atoms with van der Waals surface area (Å²) in [4.78, 5) is 26.0. The van der Waals surface area contributed by atoms with Crippen LogP contribution in [-0.4, -0.2) is 21.0 Å². The van der Waals surface area contributed by atoms with Gasteiger partial charge in [0.2, 0.25) is 0 Å². The van der Waals surface area contributed by atoms with Crippen LogP contribution in [0.4, 0.5) is 24.5 Å². The molecular weight excluding hydrogens is 391 g/mol. The summed E-state index contributed by atoms with van der Waals surface area (Å²) in [7, 11) is 0. The van der Waals surface area contributed by atoms with Crippen molar-refractivity contribution in [1.29, 1.82) is 0 Å². The van der Waals surface area contributed by atoms with Gasteiger partial charge in [0, 0.05) is 23.3 Å². The summed E-state index contributed by atoms with van der Waals surface area (Å²) in [5.74, 6) is -1.39. The molecule has 2 aromatic carbocycles. The van der Waals surface area contributed by atoms with Gasteiger partial charge in [0.1, 0.15) is 0 Å². The van der Waals surface area contributed by atoms with Crippen LogP contribution in [0.1, 0.15) is 15.9 Å². The van der Waals surface area contributed by atoms with Crippen molar-refractivity contribution in [2.45, 2.75) is 6.18 Å². The number of aromatic carboxylic acids is 1. The van der Waals surface area contributed by atoms with Gasteiger partial charge in [-0.1, -0.05) is 12.1 Å². The van der Waals surface area contributed by atoms with E-state index in [-0.39, 0.29) is 39.5 Å². The molecule has 3 aromatic rings. The molecule has 3 rings (SSSR count). The number of benzene rings is 2. The zero-order valence-corrected chi connectivity index (χ0v) is 14.5. The number of nitro groups is 1. The van der Waals surface area contributed by atoms with Crippen molar-refractivity contribution in [2.75, 3.05) is 5.73 Å². The van der Waals surface area contributed by atoms with Crippen LogP contribution in [0.25, 0.3) is 22.5 Å². The van der Waals surface area contributed by atoms with Gasteiger partial charge in [-0.25, -0.2) is 9.78 Å².